The van der Waals surface area contributed by atoms with Crippen molar-refractivity contribution >= 4 is 33.4 Å². The number of hydrogen-bond donors (Lipinski definition) is 1. The molecule has 1 amide bonds. The molecule has 0 bridgehead atoms. The highest BCUT2D eigenvalue weighted by molar-refractivity contribution is 7.99. The van der Waals surface area contributed by atoms with Crippen molar-refractivity contribution in [2.45, 2.75) is 43.9 Å². The molecule has 0 radical (unpaired) electrons. The van der Waals surface area contributed by atoms with E-state index in [9.17, 15) is 13.2 Å². The third-order valence-electron chi connectivity index (χ3n) is 5.45. The Kier molecular flexibility index (Phi) is 8.80. The van der Waals surface area contributed by atoms with Crippen LogP contribution < -0.4 is 9.62 Å². The first-order valence-electron chi connectivity index (χ1n) is 11.3. The van der Waals surface area contributed by atoms with Gasteiger partial charge in [0.2, 0.25) is 5.91 Å². The lowest BCUT2D eigenvalue weighted by molar-refractivity contribution is -0.119. The van der Waals surface area contributed by atoms with E-state index in [1.165, 1.54) is 14.8 Å². The molecule has 0 aliphatic carbocycles. The number of sulfonamides is 1. The zero-order valence-corrected chi connectivity index (χ0v) is 21.8. The second-order valence-electron chi connectivity index (χ2n) is 8.48. The van der Waals surface area contributed by atoms with Gasteiger partial charge in [0.05, 0.1) is 10.6 Å². The predicted molar refractivity (Wildman–Crippen MR) is 141 cm³/mol. The Morgan fingerprint density at radius 3 is 2.06 bits per heavy atom. The molecule has 0 atom stereocenters. The van der Waals surface area contributed by atoms with Gasteiger partial charge in [-0.05, 0) is 75.8 Å². The highest BCUT2D eigenvalue weighted by Crippen LogP contribution is 2.27. The Hall–Kier alpha value is -2.77. The quantitative estimate of drug-likeness (QED) is 0.301. The molecular formula is C27H32N2O3S2. The van der Waals surface area contributed by atoms with E-state index >= 15 is 0 Å². The summed E-state index contributed by atoms with van der Waals surface area (Å²) in [5.41, 5.74) is 4.54. The maximum absolute atomic E-state index is 13.5. The molecule has 5 nitrogen and oxygen atoms in total. The molecule has 34 heavy (non-hydrogen) atoms. The first-order valence-corrected chi connectivity index (χ1v) is 13.7. The number of benzene rings is 3. The lowest BCUT2D eigenvalue weighted by Crippen LogP contribution is -2.41. The Bertz CT molecular complexity index is 1220. The van der Waals surface area contributed by atoms with Crippen LogP contribution in [0, 0.1) is 27.7 Å². The average molecular weight is 497 g/mol. The molecule has 0 saturated heterocycles. The zero-order valence-electron chi connectivity index (χ0n) is 20.2. The third-order valence-corrected chi connectivity index (χ3v) is 8.32. The number of thioether (sulfide) groups is 1. The van der Waals surface area contributed by atoms with Crippen molar-refractivity contribution in [2.75, 3.05) is 23.1 Å². The molecule has 0 fully saturated rings. The average Bonchev–Trinajstić information content (AvgIpc) is 2.79. The number of aryl methyl sites for hydroxylation is 4. The number of carbonyl (C=O) groups excluding carboxylic acids is 1. The van der Waals surface area contributed by atoms with Crippen LogP contribution in [-0.4, -0.2) is 33.2 Å². The molecule has 180 valence electrons. The van der Waals surface area contributed by atoms with Crippen LogP contribution in [0.5, 0.6) is 0 Å². The fraction of sp³-hybridized carbons (Fsp3) is 0.296. The normalized spacial score (nSPS) is 11.3. The van der Waals surface area contributed by atoms with Gasteiger partial charge in [0, 0.05) is 11.4 Å². The molecule has 0 heterocycles. The van der Waals surface area contributed by atoms with Gasteiger partial charge in [-0.15, -0.1) is 11.8 Å². The van der Waals surface area contributed by atoms with Crippen molar-refractivity contribution in [2.24, 2.45) is 0 Å². The summed E-state index contributed by atoms with van der Waals surface area (Å²) >= 11 is 1.74. The van der Waals surface area contributed by atoms with Crippen LogP contribution in [0.15, 0.2) is 76.5 Å². The molecule has 0 unspecified atom stereocenters. The van der Waals surface area contributed by atoms with Crippen LogP contribution in [-0.2, 0) is 14.8 Å². The molecule has 3 aromatic carbocycles. The summed E-state index contributed by atoms with van der Waals surface area (Å²) in [5, 5.41) is 2.88. The van der Waals surface area contributed by atoms with E-state index in [-0.39, 0.29) is 17.3 Å². The molecule has 1 N–H and O–H groups in total. The standard InChI is InChI=1S/C27H32N2O3S2/c1-20-6-11-24(12-7-20)33-17-5-16-28-27(30)19-29(26-15-10-22(3)18-23(26)4)34(31,32)25-13-8-21(2)9-14-25/h6-15,18H,5,16-17,19H2,1-4H3,(H,28,30). The summed E-state index contributed by atoms with van der Waals surface area (Å²) in [5.74, 6) is 0.544. The van der Waals surface area contributed by atoms with Gasteiger partial charge in [-0.2, -0.15) is 0 Å². The van der Waals surface area contributed by atoms with Crippen molar-refractivity contribution in [3.05, 3.63) is 89.0 Å². The summed E-state index contributed by atoms with van der Waals surface area (Å²) in [4.78, 5) is 14.1. The highest BCUT2D eigenvalue weighted by atomic mass is 32.2. The summed E-state index contributed by atoms with van der Waals surface area (Å²) in [6, 6.07) is 20.6. The maximum atomic E-state index is 13.5. The first-order chi connectivity index (χ1) is 16.2. The van der Waals surface area contributed by atoms with Crippen LogP contribution in [0.25, 0.3) is 0 Å². The third kappa shape index (κ3) is 6.87. The molecule has 3 aromatic rings. The molecule has 0 aliphatic rings. The van der Waals surface area contributed by atoms with Gasteiger partial charge < -0.3 is 5.32 Å². The van der Waals surface area contributed by atoms with E-state index in [4.69, 9.17) is 0 Å². The van der Waals surface area contributed by atoms with Gasteiger partial charge in [0.1, 0.15) is 6.54 Å². The van der Waals surface area contributed by atoms with Crippen LogP contribution in [0.1, 0.15) is 28.7 Å². The Morgan fingerprint density at radius 1 is 0.853 bits per heavy atom. The van der Waals surface area contributed by atoms with E-state index in [0.29, 0.717) is 12.2 Å². The second kappa shape index (κ2) is 11.6. The summed E-state index contributed by atoms with van der Waals surface area (Å²) in [6.07, 6.45) is 0.790. The van der Waals surface area contributed by atoms with Crippen LogP contribution in [0.3, 0.4) is 0 Å². The number of amides is 1. The molecular weight excluding hydrogens is 464 g/mol. The summed E-state index contributed by atoms with van der Waals surface area (Å²) < 4.78 is 28.2. The maximum Gasteiger partial charge on any atom is 0.264 e. The topological polar surface area (TPSA) is 66.5 Å². The molecule has 7 heteroatoms. The minimum Gasteiger partial charge on any atom is -0.354 e. The predicted octanol–water partition coefficient (Wildman–Crippen LogP) is 5.41. The largest absolute Gasteiger partial charge is 0.354 e. The Morgan fingerprint density at radius 2 is 1.44 bits per heavy atom. The van der Waals surface area contributed by atoms with Gasteiger partial charge >= 0.3 is 0 Å². The van der Waals surface area contributed by atoms with Crippen molar-refractivity contribution in [1.29, 1.82) is 0 Å². The van der Waals surface area contributed by atoms with E-state index in [2.05, 4.69) is 36.5 Å². The van der Waals surface area contributed by atoms with Crippen molar-refractivity contribution in [1.82, 2.24) is 5.32 Å². The lowest BCUT2D eigenvalue weighted by atomic mass is 10.1. The molecule has 0 aliphatic heterocycles. The van der Waals surface area contributed by atoms with Gasteiger partial charge in [-0.1, -0.05) is 53.1 Å². The highest BCUT2D eigenvalue weighted by Gasteiger charge is 2.28. The zero-order chi connectivity index (χ0) is 24.7. The summed E-state index contributed by atoms with van der Waals surface area (Å²) in [7, 11) is -3.91. The number of carbonyl (C=O) groups is 1. The molecule has 0 saturated carbocycles. The number of anilines is 1. The van der Waals surface area contributed by atoms with E-state index < -0.39 is 10.0 Å². The second-order valence-corrected chi connectivity index (χ2v) is 11.5. The first kappa shape index (κ1) is 25.8. The number of rotatable bonds is 10. The molecule has 0 spiro atoms. The number of hydrogen-bond acceptors (Lipinski definition) is 4. The monoisotopic (exact) mass is 496 g/mol. The van der Waals surface area contributed by atoms with Gasteiger partial charge in [0.25, 0.3) is 10.0 Å². The van der Waals surface area contributed by atoms with E-state index in [0.717, 1.165) is 28.9 Å². The Balaban J connectivity index is 1.68. The minimum atomic E-state index is -3.91. The van der Waals surface area contributed by atoms with Crippen LogP contribution in [0.4, 0.5) is 5.69 Å². The lowest BCUT2D eigenvalue weighted by Gasteiger charge is -2.26. The molecule has 3 rings (SSSR count). The van der Waals surface area contributed by atoms with E-state index in [1.807, 2.05) is 32.9 Å². The van der Waals surface area contributed by atoms with E-state index in [1.54, 1.807) is 42.1 Å². The fourth-order valence-electron chi connectivity index (χ4n) is 3.53. The number of nitrogens with zero attached hydrogens (tertiary/aromatic N) is 1. The molecule has 0 aromatic heterocycles. The number of nitrogens with one attached hydrogen (secondary N) is 1. The SMILES string of the molecule is Cc1ccc(SCCCNC(=O)CN(c2ccc(C)cc2C)S(=O)(=O)c2ccc(C)cc2)cc1. The minimum absolute atomic E-state index is 0.167. The van der Waals surface area contributed by atoms with Crippen LogP contribution in [0.2, 0.25) is 0 Å². The van der Waals surface area contributed by atoms with Crippen molar-refractivity contribution < 1.29 is 13.2 Å². The van der Waals surface area contributed by atoms with Crippen LogP contribution >= 0.6 is 11.8 Å². The van der Waals surface area contributed by atoms with Crippen molar-refractivity contribution in [3.8, 4) is 0 Å². The van der Waals surface area contributed by atoms with Crippen molar-refractivity contribution in [3.63, 3.8) is 0 Å². The van der Waals surface area contributed by atoms with Gasteiger partial charge in [0.15, 0.2) is 0 Å². The van der Waals surface area contributed by atoms with Gasteiger partial charge in [-0.3, -0.25) is 9.10 Å². The Labute approximate surface area is 207 Å². The smallest absolute Gasteiger partial charge is 0.264 e. The summed E-state index contributed by atoms with van der Waals surface area (Å²) in [6.45, 7) is 8.00. The van der Waals surface area contributed by atoms with Gasteiger partial charge in [-0.25, -0.2) is 8.42 Å². The fourth-order valence-corrected chi connectivity index (χ4v) is 5.87.